The molecule has 0 unspecified atom stereocenters. The summed E-state index contributed by atoms with van der Waals surface area (Å²) in [7, 11) is 0. The van der Waals surface area contributed by atoms with Crippen LogP contribution in [0.1, 0.15) is 26.2 Å². The van der Waals surface area contributed by atoms with Gasteiger partial charge in [0.05, 0.1) is 0 Å². The summed E-state index contributed by atoms with van der Waals surface area (Å²) >= 11 is 2.91. The summed E-state index contributed by atoms with van der Waals surface area (Å²) in [5.41, 5.74) is 0. The van der Waals surface area contributed by atoms with E-state index in [9.17, 15) is 4.39 Å². The fourth-order valence-electron chi connectivity index (χ4n) is 0.400. The van der Waals surface area contributed by atoms with Crippen LogP contribution in [0.15, 0.2) is 10.8 Å². The van der Waals surface area contributed by atoms with Crippen LogP contribution < -0.4 is 0 Å². The Bertz CT molecular complexity index is 78.6. The molecule has 0 saturated heterocycles. The SMILES string of the molecule is CCCC/C(F)=C\Br. The molecule has 0 rings (SSSR count). The van der Waals surface area contributed by atoms with Crippen LogP contribution in [0.5, 0.6) is 0 Å². The summed E-state index contributed by atoms with van der Waals surface area (Å²) < 4.78 is 12.1. The Hall–Kier alpha value is 0.150. The molecule has 0 aromatic carbocycles. The Labute approximate surface area is 57.9 Å². The van der Waals surface area contributed by atoms with Gasteiger partial charge in [0.25, 0.3) is 0 Å². The van der Waals surface area contributed by atoms with Crippen molar-refractivity contribution in [1.29, 1.82) is 0 Å². The van der Waals surface area contributed by atoms with E-state index in [-0.39, 0.29) is 5.83 Å². The van der Waals surface area contributed by atoms with Crippen LogP contribution in [-0.2, 0) is 0 Å². The van der Waals surface area contributed by atoms with Gasteiger partial charge in [0.15, 0.2) is 0 Å². The predicted octanol–water partition coefficient (Wildman–Crippen LogP) is 3.38. The molecular weight excluding hydrogens is 171 g/mol. The number of rotatable bonds is 3. The minimum absolute atomic E-state index is 0.0631. The van der Waals surface area contributed by atoms with Gasteiger partial charge in [-0.15, -0.1) is 0 Å². The standard InChI is InChI=1S/C6H10BrF/c1-2-3-4-6(8)5-7/h5H,2-4H2,1H3/b6-5+. The zero-order chi connectivity index (χ0) is 6.41. The van der Waals surface area contributed by atoms with E-state index in [0.717, 1.165) is 12.8 Å². The molecule has 0 aromatic rings. The number of allylic oxidation sites excluding steroid dienone is 1. The highest BCUT2D eigenvalue weighted by Crippen LogP contribution is 2.09. The second-order valence-electron chi connectivity index (χ2n) is 1.66. The first-order valence-electron chi connectivity index (χ1n) is 2.76. The lowest BCUT2D eigenvalue weighted by atomic mass is 10.2. The van der Waals surface area contributed by atoms with Gasteiger partial charge in [-0.1, -0.05) is 29.3 Å². The molecule has 0 saturated carbocycles. The van der Waals surface area contributed by atoms with Gasteiger partial charge in [-0.2, -0.15) is 0 Å². The van der Waals surface area contributed by atoms with Gasteiger partial charge in [-0.25, -0.2) is 4.39 Å². The first kappa shape index (κ1) is 8.15. The van der Waals surface area contributed by atoms with Crippen molar-refractivity contribution in [3.8, 4) is 0 Å². The molecule has 0 amide bonds. The molecule has 0 nitrogen and oxygen atoms in total. The second kappa shape index (κ2) is 5.29. The Balaban J connectivity index is 3.12. The van der Waals surface area contributed by atoms with Crippen LogP contribution in [0.4, 0.5) is 4.39 Å². The average Bonchev–Trinajstić information content (AvgIpc) is 1.83. The number of halogens is 2. The fraction of sp³-hybridized carbons (Fsp3) is 0.667. The van der Waals surface area contributed by atoms with E-state index in [1.807, 2.05) is 6.92 Å². The maximum atomic E-state index is 12.1. The number of hydrogen-bond acceptors (Lipinski definition) is 0. The van der Waals surface area contributed by atoms with Gasteiger partial charge in [0.1, 0.15) is 5.83 Å². The zero-order valence-electron chi connectivity index (χ0n) is 4.95. The summed E-state index contributed by atoms with van der Waals surface area (Å²) in [5.74, 6) is -0.0631. The third kappa shape index (κ3) is 4.31. The van der Waals surface area contributed by atoms with Crippen LogP contribution in [0.25, 0.3) is 0 Å². The van der Waals surface area contributed by atoms with E-state index >= 15 is 0 Å². The number of hydrogen-bond donors (Lipinski definition) is 0. The molecule has 48 valence electrons. The molecule has 8 heavy (non-hydrogen) atoms. The van der Waals surface area contributed by atoms with Gasteiger partial charge >= 0.3 is 0 Å². The quantitative estimate of drug-likeness (QED) is 0.625. The van der Waals surface area contributed by atoms with Crippen molar-refractivity contribution in [3.63, 3.8) is 0 Å². The molecule has 0 aromatic heterocycles. The summed E-state index contributed by atoms with van der Waals surface area (Å²) in [5, 5.41) is 0. The van der Waals surface area contributed by atoms with Crippen LogP contribution in [-0.4, -0.2) is 0 Å². The highest BCUT2D eigenvalue weighted by atomic mass is 79.9. The van der Waals surface area contributed by atoms with Crippen LogP contribution in [0.2, 0.25) is 0 Å². The molecule has 0 aliphatic carbocycles. The van der Waals surface area contributed by atoms with Gasteiger partial charge in [0.2, 0.25) is 0 Å². The molecule has 0 aliphatic rings. The molecule has 0 spiro atoms. The minimum Gasteiger partial charge on any atom is -0.211 e. The largest absolute Gasteiger partial charge is 0.211 e. The second-order valence-corrected chi connectivity index (χ2v) is 2.12. The minimum atomic E-state index is -0.0631. The van der Waals surface area contributed by atoms with E-state index in [4.69, 9.17) is 0 Å². The average molecular weight is 181 g/mol. The lowest BCUT2D eigenvalue weighted by Crippen LogP contribution is -1.71. The van der Waals surface area contributed by atoms with E-state index < -0.39 is 0 Å². The van der Waals surface area contributed by atoms with Crippen LogP contribution >= 0.6 is 15.9 Å². The molecule has 0 aliphatic heterocycles. The Kier molecular flexibility index (Phi) is 5.39. The van der Waals surface area contributed by atoms with Gasteiger partial charge in [-0.05, 0) is 12.8 Å². The van der Waals surface area contributed by atoms with E-state index in [2.05, 4.69) is 15.9 Å². The molecular formula is C6H10BrF. The van der Waals surface area contributed by atoms with Gasteiger partial charge in [-0.3, -0.25) is 0 Å². The Morgan fingerprint density at radius 1 is 1.75 bits per heavy atom. The van der Waals surface area contributed by atoms with Crippen LogP contribution in [0, 0.1) is 0 Å². The van der Waals surface area contributed by atoms with Crippen molar-refractivity contribution in [2.75, 3.05) is 0 Å². The Morgan fingerprint density at radius 3 is 2.75 bits per heavy atom. The third-order valence-corrected chi connectivity index (χ3v) is 1.38. The van der Waals surface area contributed by atoms with Crippen molar-refractivity contribution in [1.82, 2.24) is 0 Å². The van der Waals surface area contributed by atoms with E-state index in [1.54, 1.807) is 0 Å². The summed E-state index contributed by atoms with van der Waals surface area (Å²) in [6.45, 7) is 2.04. The maximum absolute atomic E-state index is 12.1. The predicted molar refractivity (Wildman–Crippen MR) is 37.6 cm³/mol. The summed E-state index contributed by atoms with van der Waals surface area (Å²) in [4.78, 5) is 1.34. The molecule has 0 bridgehead atoms. The Morgan fingerprint density at radius 2 is 2.38 bits per heavy atom. The van der Waals surface area contributed by atoms with Crippen molar-refractivity contribution in [2.24, 2.45) is 0 Å². The highest BCUT2D eigenvalue weighted by molar-refractivity contribution is 9.11. The summed E-state index contributed by atoms with van der Waals surface area (Å²) in [6, 6.07) is 0. The first-order chi connectivity index (χ1) is 3.81. The monoisotopic (exact) mass is 180 g/mol. The van der Waals surface area contributed by atoms with Crippen molar-refractivity contribution in [2.45, 2.75) is 26.2 Å². The van der Waals surface area contributed by atoms with Crippen molar-refractivity contribution >= 4 is 15.9 Å². The molecule has 0 N–H and O–H groups in total. The maximum Gasteiger partial charge on any atom is 0.107 e. The molecule has 2 heteroatoms. The van der Waals surface area contributed by atoms with Crippen molar-refractivity contribution in [3.05, 3.63) is 10.8 Å². The zero-order valence-corrected chi connectivity index (χ0v) is 6.54. The van der Waals surface area contributed by atoms with Gasteiger partial charge < -0.3 is 0 Å². The third-order valence-electron chi connectivity index (χ3n) is 0.888. The molecule has 0 heterocycles. The molecule has 0 fully saturated rings. The van der Waals surface area contributed by atoms with Crippen LogP contribution in [0.3, 0.4) is 0 Å². The lowest BCUT2D eigenvalue weighted by Gasteiger charge is -1.89. The van der Waals surface area contributed by atoms with E-state index in [1.165, 1.54) is 4.99 Å². The van der Waals surface area contributed by atoms with E-state index in [0.29, 0.717) is 6.42 Å². The van der Waals surface area contributed by atoms with Gasteiger partial charge in [0, 0.05) is 4.99 Å². The first-order valence-corrected chi connectivity index (χ1v) is 3.67. The lowest BCUT2D eigenvalue weighted by molar-refractivity contribution is 0.573. The topological polar surface area (TPSA) is 0 Å². The molecule has 0 atom stereocenters. The number of unbranched alkanes of at least 4 members (excludes halogenated alkanes) is 1. The highest BCUT2D eigenvalue weighted by Gasteiger charge is 1.89. The summed E-state index contributed by atoms with van der Waals surface area (Å²) in [6.07, 6.45) is 2.56. The smallest absolute Gasteiger partial charge is 0.107 e. The fourth-order valence-corrected chi connectivity index (χ4v) is 0.629. The van der Waals surface area contributed by atoms with Crippen molar-refractivity contribution < 1.29 is 4.39 Å². The molecule has 0 radical (unpaired) electrons. The normalized spacial score (nSPS) is 12.1.